The predicted molar refractivity (Wildman–Crippen MR) is 74.9 cm³/mol. The highest BCUT2D eigenvalue weighted by molar-refractivity contribution is 7.15. The lowest BCUT2D eigenvalue weighted by molar-refractivity contribution is 0.0801. The molecule has 2 amide bonds. The number of carbonyl (C=O) groups is 1. The van der Waals surface area contributed by atoms with Gasteiger partial charge in [0.25, 0.3) is 0 Å². The number of amides is 2. The van der Waals surface area contributed by atoms with E-state index in [1.165, 1.54) is 0 Å². The van der Waals surface area contributed by atoms with Crippen LogP contribution in [0.25, 0.3) is 4.96 Å². The molecule has 0 saturated carbocycles. The van der Waals surface area contributed by atoms with Crippen LogP contribution in [0.1, 0.15) is 18.5 Å². The van der Waals surface area contributed by atoms with Crippen molar-refractivity contribution in [2.75, 3.05) is 19.8 Å². The maximum absolute atomic E-state index is 11.8. The minimum atomic E-state index is -0.109. The van der Waals surface area contributed by atoms with E-state index in [0.717, 1.165) is 43.1 Å². The Hall–Kier alpha value is -1.67. The van der Waals surface area contributed by atoms with Crippen molar-refractivity contribution in [1.29, 1.82) is 0 Å². The second kappa shape index (κ2) is 6.19. The summed E-state index contributed by atoms with van der Waals surface area (Å²) in [5.41, 5.74) is 1.06. The van der Waals surface area contributed by atoms with E-state index in [1.807, 2.05) is 9.90 Å². The summed E-state index contributed by atoms with van der Waals surface area (Å²) in [6.07, 6.45) is 4.06. The topological polar surface area (TPSA) is 80.6 Å². The van der Waals surface area contributed by atoms with Crippen molar-refractivity contribution in [1.82, 2.24) is 25.2 Å². The van der Waals surface area contributed by atoms with Crippen LogP contribution in [0.3, 0.4) is 0 Å². The van der Waals surface area contributed by atoms with Crippen molar-refractivity contribution in [2.24, 2.45) is 0 Å². The molecule has 8 heteroatoms. The van der Waals surface area contributed by atoms with Crippen molar-refractivity contribution in [3.8, 4) is 0 Å². The summed E-state index contributed by atoms with van der Waals surface area (Å²) in [6.45, 7) is 2.04. The van der Waals surface area contributed by atoms with Crippen LogP contribution in [0, 0.1) is 0 Å². The second-order valence-electron chi connectivity index (χ2n) is 4.72. The molecule has 2 aromatic heterocycles. The van der Waals surface area contributed by atoms with Gasteiger partial charge in [0, 0.05) is 37.6 Å². The van der Waals surface area contributed by atoms with Crippen LogP contribution >= 0.6 is 11.3 Å². The fraction of sp³-hybridized carbons (Fsp3) is 0.583. The fourth-order valence-corrected chi connectivity index (χ4v) is 3.06. The molecule has 3 heterocycles. The van der Waals surface area contributed by atoms with E-state index in [1.54, 1.807) is 17.7 Å². The molecule has 0 spiro atoms. The van der Waals surface area contributed by atoms with Gasteiger partial charge in [-0.25, -0.2) is 14.3 Å². The molecule has 0 bridgehead atoms. The first kappa shape index (κ1) is 13.3. The maximum atomic E-state index is 11.8. The summed E-state index contributed by atoms with van der Waals surface area (Å²) >= 11 is 1.56. The highest BCUT2D eigenvalue weighted by atomic mass is 32.1. The number of urea groups is 1. The Labute approximate surface area is 120 Å². The molecular formula is C12H17N5O2S. The van der Waals surface area contributed by atoms with Crippen molar-refractivity contribution in [3.05, 3.63) is 17.4 Å². The number of aromatic nitrogens is 3. The third-order valence-corrected chi connectivity index (χ3v) is 4.19. The minimum Gasteiger partial charge on any atom is -0.381 e. The lowest BCUT2D eigenvalue weighted by Crippen LogP contribution is -2.45. The first-order valence-electron chi connectivity index (χ1n) is 6.71. The minimum absolute atomic E-state index is 0.109. The van der Waals surface area contributed by atoms with Gasteiger partial charge in [-0.05, 0) is 12.8 Å². The number of carbonyl (C=O) groups excluding carboxylic acids is 1. The Balaban J connectivity index is 1.43. The Bertz CT molecular complexity index is 575. The first-order chi connectivity index (χ1) is 9.83. The average molecular weight is 295 g/mol. The summed E-state index contributed by atoms with van der Waals surface area (Å²) in [6, 6.07) is 0.119. The summed E-state index contributed by atoms with van der Waals surface area (Å²) < 4.78 is 7.07. The van der Waals surface area contributed by atoms with E-state index in [-0.39, 0.29) is 12.1 Å². The number of nitrogens with zero attached hydrogens (tertiary/aromatic N) is 3. The molecule has 0 atom stereocenters. The Morgan fingerprint density at radius 3 is 3.20 bits per heavy atom. The molecular weight excluding hydrogens is 278 g/mol. The summed E-state index contributed by atoms with van der Waals surface area (Å²) in [5.74, 6) is 0. The molecule has 1 fully saturated rings. The molecule has 3 rings (SSSR count). The van der Waals surface area contributed by atoms with Gasteiger partial charge in [-0.15, -0.1) is 11.3 Å². The van der Waals surface area contributed by atoms with Gasteiger partial charge < -0.3 is 15.4 Å². The zero-order chi connectivity index (χ0) is 13.8. The van der Waals surface area contributed by atoms with E-state index < -0.39 is 0 Å². The van der Waals surface area contributed by atoms with Crippen LogP contribution in [0.5, 0.6) is 0 Å². The average Bonchev–Trinajstić information content (AvgIpc) is 3.04. The number of ether oxygens (including phenoxy) is 1. The molecule has 1 saturated heterocycles. The molecule has 20 heavy (non-hydrogen) atoms. The van der Waals surface area contributed by atoms with Gasteiger partial charge in [-0.1, -0.05) is 0 Å². The molecule has 0 aliphatic carbocycles. The van der Waals surface area contributed by atoms with E-state index >= 15 is 0 Å². The molecule has 2 aromatic rings. The quantitative estimate of drug-likeness (QED) is 0.875. The van der Waals surface area contributed by atoms with Gasteiger partial charge in [-0.2, -0.15) is 5.10 Å². The monoisotopic (exact) mass is 295 g/mol. The number of hydrogen-bond donors (Lipinski definition) is 2. The van der Waals surface area contributed by atoms with Crippen LogP contribution in [-0.4, -0.2) is 46.4 Å². The summed E-state index contributed by atoms with van der Waals surface area (Å²) in [5, 5.41) is 12.0. The molecule has 0 aromatic carbocycles. The van der Waals surface area contributed by atoms with Crippen LogP contribution in [0.2, 0.25) is 0 Å². The predicted octanol–water partition coefficient (Wildman–Crippen LogP) is 0.811. The van der Waals surface area contributed by atoms with Crippen LogP contribution in [-0.2, 0) is 11.2 Å². The van der Waals surface area contributed by atoms with Crippen LogP contribution in [0.15, 0.2) is 11.7 Å². The second-order valence-corrected chi connectivity index (χ2v) is 5.55. The molecule has 7 nitrogen and oxygen atoms in total. The lowest BCUT2D eigenvalue weighted by Gasteiger charge is -2.23. The van der Waals surface area contributed by atoms with Crippen molar-refractivity contribution >= 4 is 22.3 Å². The fourth-order valence-electron chi connectivity index (χ4n) is 2.23. The lowest BCUT2D eigenvalue weighted by atomic mass is 10.1. The number of fused-ring (bicyclic) bond motifs is 1. The van der Waals surface area contributed by atoms with Gasteiger partial charge >= 0.3 is 6.03 Å². The molecule has 2 N–H and O–H groups in total. The first-order valence-corrected chi connectivity index (χ1v) is 7.59. The standard InChI is InChI=1S/C12H17N5O2S/c18-11(16-9-2-5-19-6-3-9)13-4-1-10-7-20-12-14-8-15-17(10)12/h7-9H,1-6H2,(H2,13,16,18). The number of thiazole rings is 1. The Morgan fingerprint density at radius 2 is 2.35 bits per heavy atom. The van der Waals surface area contributed by atoms with Gasteiger partial charge in [0.15, 0.2) is 0 Å². The van der Waals surface area contributed by atoms with Crippen molar-refractivity contribution in [2.45, 2.75) is 25.3 Å². The van der Waals surface area contributed by atoms with Crippen molar-refractivity contribution < 1.29 is 9.53 Å². The largest absolute Gasteiger partial charge is 0.381 e. The third-order valence-electron chi connectivity index (χ3n) is 3.31. The number of nitrogens with one attached hydrogen (secondary N) is 2. The number of rotatable bonds is 4. The van der Waals surface area contributed by atoms with Gasteiger partial charge in [0.2, 0.25) is 4.96 Å². The van der Waals surface area contributed by atoms with Gasteiger partial charge in [0.1, 0.15) is 6.33 Å². The molecule has 0 unspecified atom stereocenters. The van der Waals surface area contributed by atoms with E-state index in [0.29, 0.717) is 6.54 Å². The normalized spacial score (nSPS) is 16.4. The highest BCUT2D eigenvalue weighted by Gasteiger charge is 2.15. The maximum Gasteiger partial charge on any atom is 0.315 e. The van der Waals surface area contributed by atoms with E-state index in [9.17, 15) is 4.79 Å². The SMILES string of the molecule is O=C(NCCc1csc2ncnn12)NC1CCOCC1. The Morgan fingerprint density at radius 1 is 1.50 bits per heavy atom. The van der Waals surface area contributed by atoms with Crippen molar-refractivity contribution in [3.63, 3.8) is 0 Å². The summed E-state index contributed by atoms with van der Waals surface area (Å²) in [4.78, 5) is 16.8. The number of hydrogen-bond acceptors (Lipinski definition) is 5. The zero-order valence-electron chi connectivity index (χ0n) is 11.0. The van der Waals surface area contributed by atoms with Crippen LogP contribution in [0.4, 0.5) is 4.79 Å². The molecule has 0 radical (unpaired) electrons. The van der Waals surface area contributed by atoms with Gasteiger partial charge in [0.05, 0.1) is 5.69 Å². The third kappa shape index (κ3) is 3.07. The molecule has 1 aliphatic heterocycles. The Kier molecular flexibility index (Phi) is 4.12. The van der Waals surface area contributed by atoms with E-state index in [4.69, 9.17) is 4.74 Å². The van der Waals surface area contributed by atoms with Gasteiger partial charge in [-0.3, -0.25) is 0 Å². The van der Waals surface area contributed by atoms with E-state index in [2.05, 4.69) is 20.7 Å². The highest BCUT2D eigenvalue weighted by Crippen LogP contribution is 2.12. The summed E-state index contributed by atoms with van der Waals surface area (Å²) in [7, 11) is 0. The smallest absolute Gasteiger partial charge is 0.315 e. The molecule has 1 aliphatic rings. The van der Waals surface area contributed by atoms with Crippen LogP contribution < -0.4 is 10.6 Å². The molecule has 108 valence electrons. The zero-order valence-corrected chi connectivity index (χ0v) is 11.9.